The van der Waals surface area contributed by atoms with Crippen molar-refractivity contribution >= 4 is 11.5 Å². The molecule has 0 fully saturated rings. The Morgan fingerprint density at radius 1 is 1.40 bits per heavy atom. The highest BCUT2D eigenvalue weighted by atomic mass is 19.3. The predicted molar refractivity (Wildman–Crippen MR) is 55.6 cm³/mol. The molecular formula is C11H13F2NO. The van der Waals surface area contributed by atoms with Crippen LogP contribution >= 0.6 is 0 Å². The van der Waals surface area contributed by atoms with E-state index >= 15 is 0 Å². The minimum Gasteiger partial charge on any atom is -0.384 e. The zero-order valence-electron chi connectivity index (χ0n) is 8.47. The van der Waals surface area contributed by atoms with Crippen molar-refractivity contribution in [2.75, 3.05) is 11.9 Å². The number of anilines is 1. The first kappa shape index (κ1) is 11.6. The number of ketones is 1. The summed E-state index contributed by atoms with van der Waals surface area (Å²) in [6.45, 7) is 1.62. The third kappa shape index (κ3) is 3.65. The Hall–Kier alpha value is -1.45. The van der Waals surface area contributed by atoms with Crippen molar-refractivity contribution in [1.29, 1.82) is 0 Å². The Morgan fingerprint density at radius 2 is 2.07 bits per heavy atom. The lowest BCUT2D eigenvalue weighted by atomic mass is 10.1. The number of para-hydroxylation sites is 1. The molecule has 82 valence electrons. The van der Waals surface area contributed by atoms with Gasteiger partial charge in [-0.05, 0) is 19.1 Å². The van der Waals surface area contributed by atoms with Crippen LogP contribution in [-0.2, 0) is 0 Å². The van der Waals surface area contributed by atoms with Crippen molar-refractivity contribution < 1.29 is 13.6 Å². The number of nitrogens with one attached hydrogen (secondary N) is 1. The van der Waals surface area contributed by atoms with E-state index in [-0.39, 0.29) is 18.7 Å². The number of benzene rings is 1. The zero-order chi connectivity index (χ0) is 11.3. The highest BCUT2D eigenvalue weighted by Crippen LogP contribution is 2.15. The second-order valence-electron chi connectivity index (χ2n) is 3.21. The lowest BCUT2D eigenvalue weighted by Crippen LogP contribution is -2.09. The molecule has 0 aliphatic heterocycles. The van der Waals surface area contributed by atoms with Crippen LogP contribution in [-0.4, -0.2) is 18.8 Å². The third-order valence-electron chi connectivity index (χ3n) is 1.98. The van der Waals surface area contributed by atoms with Crippen molar-refractivity contribution in [2.24, 2.45) is 0 Å². The number of carbonyl (C=O) groups excluding carboxylic acids is 1. The molecule has 0 aliphatic carbocycles. The smallest absolute Gasteiger partial charge is 0.240 e. The van der Waals surface area contributed by atoms with Crippen molar-refractivity contribution in [3.05, 3.63) is 29.8 Å². The molecule has 0 amide bonds. The maximum absolute atomic E-state index is 11.9. The standard InChI is InChI=1S/C11H13F2NO/c1-8(15)9-4-2-3-5-10(9)14-7-6-11(12)13/h2-5,11,14H,6-7H2,1H3. The van der Waals surface area contributed by atoms with E-state index in [0.717, 1.165) is 0 Å². The highest BCUT2D eigenvalue weighted by molar-refractivity contribution is 5.99. The Bertz CT molecular complexity index is 339. The first-order valence-electron chi connectivity index (χ1n) is 4.73. The van der Waals surface area contributed by atoms with Crippen LogP contribution in [0.4, 0.5) is 14.5 Å². The first-order valence-corrected chi connectivity index (χ1v) is 4.73. The van der Waals surface area contributed by atoms with E-state index in [0.29, 0.717) is 11.3 Å². The zero-order valence-corrected chi connectivity index (χ0v) is 8.47. The molecule has 0 unspecified atom stereocenters. The van der Waals surface area contributed by atoms with Gasteiger partial charge in [-0.2, -0.15) is 0 Å². The summed E-state index contributed by atoms with van der Waals surface area (Å²) in [6.07, 6.45) is -2.53. The van der Waals surface area contributed by atoms with Crippen molar-refractivity contribution in [1.82, 2.24) is 0 Å². The molecule has 1 N–H and O–H groups in total. The summed E-state index contributed by atoms with van der Waals surface area (Å²) in [5.41, 5.74) is 1.15. The van der Waals surface area contributed by atoms with Gasteiger partial charge in [0, 0.05) is 24.2 Å². The molecule has 1 rings (SSSR count). The summed E-state index contributed by atoms with van der Waals surface area (Å²) in [7, 11) is 0. The van der Waals surface area contributed by atoms with E-state index < -0.39 is 6.43 Å². The number of carbonyl (C=O) groups is 1. The maximum atomic E-state index is 11.9. The molecule has 0 atom stereocenters. The lowest BCUT2D eigenvalue weighted by molar-refractivity contribution is 0.101. The molecular weight excluding hydrogens is 200 g/mol. The number of alkyl halides is 2. The van der Waals surface area contributed by atoms with Gasteiger partial charge in [-0.25, -0.2) is 8.78 Å². The number of hydrogen-bond acceptors (Lipinski definition) is 2. The summed E-state index contributed by atoms with van der Waals surface area (Å²) in [5.74, 6) is -0.0739. The van der Waals surface area contributed by atoms with E-state index in [1.165, 1.54) is 6.92 Å². The van der Waals surface area contributed by atoms with Crippen LogP contribution in [0.25, 0.3) is 0 Å². The average Bonchev–Trinajstić information content (AvgIpc) is 2.17. The monoisotopic (exact) mass is 213 g/mol. The minimum atomic E-state index is -2.32. The van der Waals surface area contributed by atoms with Crippen LogP contribution in [0.2, 0.25) is 0 Å². The molecule has 0 bridgehead atoms. The molecule has 0 radical (unpaired) electrons. The van der Waals surface area contributed by atoms with Gasteiger partial charge in [0.1, 0.15) is 0 Å². The van der Waals surface area contributed by atoms with Gasteiger partial charge in [-0.1, -0.05) is 12.1 Å². The van der Waals surface area contributed by atoms with Gasteiger partial charge in [-0.15, -0.1) is 0 Å². The molecule has 15 heavy (non-hydrogen) atoms. The van der Waals surface area contributed by atoms with Gasteiger partial charge in [0.05, 0.1) is 0 Å². The van der Waals surface area contributed by atoms with E-state index in [4.69, 9.17) is 0 Å². The fourth-order valence-electron chi connectivity index (χ4n) is 1.26. The van der Waals surface area contributed by atoms with Gasteiger partial charge in [0.15, 0.2) is 5.78 Å². The number of rotatable bonds is 5. The van der Waals surface area contributed by atoms with Gasteiger partial charge in [-0.3, -0.25) is 4.79 Å². The summed E-state index contributed by atoms with van der Waals surface area (Å²) < 4.78 is 23.8. The highest BCUT2D eigenvalue weighted by Gasteiger charge is 2.06. The first-order chi connectivity index (χ1) is 7.11. The topological polar surface area (TPSA) is 29.1 Å². The lowest BCUT2D eigenvalue weighted by Gasteiger charge is -2.09. The Kier molecular flexibility index (Phi) is 4.21. The number of hydrogen-bond donors (Lipinski definition) is 1. The Labute approximate surface area is 87.3 Å². The fourth-order valence-corrected chi connectivity index (χ4v) is 1.26. The molecule has 0 saturated heterocycles. The van der Waals surface area contributed by atoms with E-state index in [1.54, 1.807) is 24.3 Å². The molecule has 2 nitrogen and oxygen atoms in total. The van der Waals surface area contributed by atoms with Gasteiger partial charge < -0.3 is 5.32 Å². The van der Waals surface area contributed by atoms with E-state index in [2.05, 4.69) is 5.32 Å². The number of Topliss-reactive ketones (excluding diaryl/α,β-unsaturated/α-hetero) is 1. The van der Waals surface area contributed by atoms with Crippen molar-refractivity contribution in [3.63, 3.8) is 0 Å². The van der Waals surface area contributed by atoms with Crippen LogP contribution in [0.1, 0.15) is 23.7 Å². The molecule has 0 spiro atoms. The molecule has 0 saturated carbocycles. The summed E-state index contributed by atoms with van der Waals surface area (Å²) in [6, 6.07) is 6.89. The second kappa shape index (κ2) is 5.44. The van der Waals surface area contributed by atoms with Gasteiger partial charge in [0.2, 0.25) is 6.43 Å². The predicted octanol–water partition coefficient (Wildman–Crippen LogP) is 2.96. The Balaban J connectivity index is 2.63. The van der Waals surface area contributed by atoms with Gasteiger partial charge >= 0.3 is 0 Å². The number of halogens is 2. The quantitative estimate of drug-likeness (QED) is 0.762. The van der Waals surface area contributed by atoms with Crippen LogP contribution in [0.5, 0.6) is 0 Å². The molecule has 1 aromatic rings. The Morgan fingerprint density at radius 3 is 2.67 bits per heavy atom. The normalized spacial score (nSPS) is 10.4. The molecule has 0 heterocycles. The van der Waals surface area contributed by atoms with Crippen LogP contribution < -0.4 is 5.32 Å². The minimum absolute atomic E-state index is 0.0739. The largest absolute Gasteiger partial charge is 0.384 e. The fraction of sp³-hybridized carbons (Fsp3) is 0.364. The maximum Gasteiger partial charge on any atom is 0.240 e. The SMILES string of the molecule is CC(=O)c1ccccc1NCCC(F)F. The van der Waals surface area contributed by atoms with Gasteiger partial charge in [0.25, 0.3) is 0 Å². The van der Waals surface area contributed by atoms with Crippen molar-refractivity contribution in [2.45, 2.75) is 19.8 Å². The third-order valence-corrected chi connectivity index (χ3v) is 1.98. The second-order valence-corrected chi connectivity index (χ2v) is 3.21. The summed E-state index contributed by atoms with van der Waals surface area (Å²) in [5, 5.41) is 2.83. The summed E-state index contributed by atoms with van der Waals surface area (Å²) in [4.78, 5) is 11.2. The van der Waals surface area contributed by atoms with Crippen LogP contribution in [0.15, 0.2) is 24.3 Å². The molecule has 0 aliphatic rings. The van der Waals surface area contributed by atoms with Crippen molar-refractivity contribution in [3.8, 4) is 0 Å². The molecule has 4 heteroatoms. The average molecular weight is 213 g/mol. The van der Waals surface area contributed by atoms with Crippen LogP contribution in [0, 0.1) is 0 Å². The van der Waals surface area contributed by atoms with E-state index in [9.17, 15) is 13.6 Å². The molecule has 0 aromatic heterocycles. The van der Waals surface area contributed by atoms with E-state index in [1.807, 2.05) is 0 Å². The van der Waals surface area contributed by atoms with Crippen LogP contribution in [0.3, 0.4) is 0 Å². The summed E-state index contributed by atoms with van der Waals surface area (Å²) >= 11 is 0. The molecule has 1 aromatic carbocycles.